The number of unbranched alkanes of at least 4 members (excludes halogenated alkanes) is 16. The minimum absolute atomic E-state index is 0.324. The maximum atomic E-state index is 10.3. The van der Waals surface area contributed by atoms with Gasteiger partial charge in [-0.1, -0.05) is 127 Å². The van der Waals surface area contributed by atoms with E-state index in [1.54, 1.807) is 0 Å². The summed E-state index contributed by atoms with van der Waals surface area (Å²) in [5.41, 5.74) is -1.39. The van der Waals surface area contributed by atoms with Crippen molar-refractivity contribution >= 4 is 17.9 Å². The van der Waals surface area contributed by atoms with Gasteiger partial charge in [0.1, 0.15) is 5.41 Å². The Balaban J connectivity index is -0.000000695. The van der Waals surface area contributed by atoms with Crippen molar-refractivity contribution in [2.24, 2.45) is 5.41 Å². The van der Waals surface area contributed by atoms with Crippen LogP contribution in [0.15, 0.2) is 48.6 Å². The Labute approximate surface area is 299 Å². The average Bonchev–Trinajstić information content (AvgIpc) is 3.08. The number of aliphatic hydroxyl groups is 2. The monoisotopic (exact) mass is 695 g/mol. The fraction of sp³-hybridized carbons (Fsp3) is 0.732. The van der Waals surface area contributed by atoms with E-state index in [0.717, 1.165) is 51.4 Å². The molecule has 0 aliphatic carbocycles. The molecule has 0 saturated carbocycles. The first-order chi connectivity index (χ1) is 23.6. The minimum Gasteiger partial charge on any atom is -0.481 e. The lowest BCUT2D eigenvalue weighted by Crippen LogP contribution is -2.35. The first-order valence-electron chi connectivity index (χ1n) is 19.1. The van der Waals surface area contributed by atoms with Crippen LogP contribution in [0, 0.1) is 5.41 Å². The highest BCUT2D eigenvalue weighted by molar-refractivity contribution is 5.74. The van der Waals surface area contributed by atoms with Gasteiger partial charge in [0.2, 0.25) is 0 Å². The third-order valence-electron chi connectivity index (χ3n) is 7.90. The molecule has 0 aliphatic rings. The van der Waals surface area contributed by atoms with Crippen LogP contribution in [0.1, 0.15) is 175 Å². The zero-order valence-corrected chi connectivity index (χ0v) is 31.5. The molecule has 0 aromatic rings. The molecule has 0 amide bonds. The van der Waals surface area contributed by atoms with E-state index < -0.39 is 36.5 Å². The molecule has 0 aromatic carbocycles. The predicted molar refractivity (Wildman–Crippen MR) is 204 cm³/mol. The van der Waals surface area contributed by atoms with Crippen molar-refractivity contribution in [1.82, 2.24) is 0 Å². The molecule has 0 unspecified atom stereocenters. The van der Waals surface area contributed by atoms with E-state index in [1.165, 1.54) is 96.8 Å². The molecule has 8 heteroatoms. The molecule has 0 saturated heterocycles. The molecule has 0 radical (unpaired) electrons. The van der Waals surface area contributed by atoms with Crippen molar-refractivity contribution in [1.29, 1.82) is 0 Å². The molecule has 0 bridgehead atoms. The Bertz CT molecular complexity index is 800. The van der Waals surface area contributed by atoms with Crippen LogP contribution in [0.4, 0.5) is 0 Å². The number of aliphatic carboxylic acids is 3. The molecular formula is C41H74O8. The van der Waals surface area contributed by atoms with Gasteiger partial charge in [0.05, 0.1) is 13.2 Å². The van der Waals surface area contributed by atoms with Gasteiger partial charge in [-0.3, -0.25) is 14.4 Å². The summed E-state index contributed by atoms with van der Waals surface area (Å²) in [5.74, 6) is -2.53. The number of hydrogen-bond donors (Lipinski definition) is 5. The predicted octanol–water partition coefficient (Wildman–Crippen LogP) is 10.8. The molecule has 0 fully saturated rings. The second-order valence-corrected chi connectivity index (χ2v) is 12.9. The number of aliphatic hydroxyl groups excluding tert-OH is 2. The van der Waals surface area contributed by atoms with Crippen molar-refractivity contribution in [2.45, 2.75) is 175 Å². The van der Waals surface area contributed by atoms with Crippen LogP contribution in [-0.2, 0) is 14.4 Å². The van der Waals surface area contributed by atoms with Gasteiger partial charge < -0.3 is 25.5 Å². The lowest BCUT2D eigenvalue weighted by molar-refractivity contribution is -0.153. The van der Waals surface area contributed by atoms with E-state index in [4.69, 9.17) is 25.5 Å². The van der Waals surface area contributed by atoms with Crippen LogP contribution in [0.25, 0.3) is 0 Å². The molecule has 0 atom stereocenters. The lowest BCUT2D eigenvalue weighted by Gasteiger charge is -2.17. The molecule has 0 rings (SSSR count). The van der Waals surface area contributed by atoms with Crippen molar-refractivity contribution in [3.63, 3.8) is 0 Å². The van der Waals surface area contributed by atoms with E-state index in [0.29, 0.717) is 12.8 Å². The van der Waals surface area contributed by atoms with Crippen molar-refractivity contribution in [3.8, 4) is 0 Å². The van der Waals surface area contributed by atoms with Crippen LogP contribution >= 0.6 is 0 Å². The van der Waals surface area contributed by atoms with Gasteiger partial charge in [0.15, 0.2) is 0 Å². The SMILES string of the molecule is CC(CO)(CO)C(=O)O.CCCCCC=CCC=CCCCCCCCC(=O)O.CCCCCC=CCC=CCCCCCCCC(=O)O. The number of carbonyl (C=O) groups is 3. The standard InChI is InChI=1S/2C18H32O2.C5H10O4/c2*1-2-3-4-5-6-7-8-9-10-11-12-13-14-15-16-17-18(19)20;1-5(2-6,3-7)4(8)9/h2*6-7,9-10H,2-5,8,11-17H2,1H3,(H,19,20);6-7H,2-3H2,1H3,(H,8,9). The average molecular weight is 695 g/mol. The van der Waals surface area contributed by atoms with Gasteiger partial charge in [-0.05, 0) is 84.0 Å². The zero-order chi connectivity index (χ0) is 37.3. The van der Waals surface area contributed by atoms with Gasteiger partial charge in [-0.15, -0.1) is 0 Å². The van der Waals surface area contributed by atoms with Gasteiger partial charge in [-0.25, -0.2) is 0 Å². The van der Waals surface area contributed by atoms with Crippen LogP contribution in [0.2, 0.25) is 0 Å². The molecule has 286 valence electrons. The minimum atomic E-state index is -1.39. The molecular weight excluding hydrogens is 620 g/mol. The second kappa shape index (κ2) is 41.5. The number of hydrogen-bond acceptors (Lipinski definition) is 5. The van der Waals surface area contributed by atoms with Crippen LogP contribution in [0.3, 0.4) is 0 Å². The smallest absolute Gasteiger partial charge is 0.314 e. The Morgan fingerprint density at radius 2 is 0.735 bits per heavy atom. The topological polar surface area (TPSA) is 152 Å². The summed E-state index contributed by atoms with van der Waals surface area (Å²) in [6.45, 7) is 4.66. The molecule has 8 nitrogen and oxygen atoms in total. The fourth-order valence-corrected chi connectivity index (χ4v) is 4.36. The third kappa shape index (κ3) is 45.3. The second-order valence-electron chi connectivity index (χ2n) is 12.9. The molecule has 0 aromatic heterocycles. The summed E-state index contributed by atoms with van der Waals surface area (Å²) in [4.78, 5) is 30.8. The van der Waals surface area contributed by atoms with Gasteiger partial charge in [-0.2, -0.15) is 0 Å². The quantitative estimate of drug-likeness (QED) is 0.0355. The van der Waals surface area contributed by atoms with Gasteiger partial charge in [0, 0.05) is 12.8 Å². The van der Waals surface area contributed by atoms with E-state index in [1.807, 2.05) is 0 Å². The molecule has 49 heavy (non-hydrogen) atoms. The molecule has 0 heterocycles. The molecule has 0 spiro atoms. The first kappa shape index (κ1) is 50.7. The van der Waals surface area contributed by atoms with E-state index in [2.05, 4.69) is 62.5 Å². The van der Waals surface area contributed by atoms with Crippen molar-refractivity contribution in [3.05, 3.63) is 48.6 Å². The van der Waals surface area contributed by atoms with Crippen LogP contribution in [-0.4, -0.2) is 56.7 Å². The maximum Gasteiger partial charge on any atom is 0.314 e. The van der Waals surface area contributed by atoms with Crippen molar-refractivity contribution in [2.75, 3.05) is 13.2 Å². The normalized spacial score (nSPS) is 11.6. The van der Waals surface area contributed by atoms with Gasteiger partial charge >= 0.3 is 17.9 Å². The maximum absolute atomic E-state index is 10.3. The molecule has 0 aliphatic heterocycles. The van der Waals surface area contributed by atoms with Crippen LogP contribution < -0.4 is 0 Å². The molecule has 5 N–H and O–H groups in total. The van der Waals surface area contributed by atoms with E-state index in [-0.39, 0.29) is 0 Å². The highest BCUT2D eigenvalue weighted by atomic mass is 16.4. The largest absolute Gasteiger partial charge is 0.481 e. The summed E-state index contributed by atoms with van der Waals surface area (Å²) in [5, 5.41) is 42.1. The summed E-state index contributed by atoms with van der Waals surface area (Å²) in [6.07, 6.45) is 44.6. The number of allylic oxidation sites excluding steroid dienone is 8. The Morgan fingerprint density at radius 1 is 0.449 bits per heavy atom. The third-order valence-corrected chi connectivity index (χ3v) is 7.90. The summed E-state index contributed by atoms with van der Waals surface area (Å²) in [6, 6.07) is 0. The highest BCUT2D eigenvalue weighted by Crippen LogP contribution is 2.13. The highest BCUT2D eigenvalue weighted by Gasteiger charge is 2.31. The Morgan fingerprint density at radius 3 is 0.980 bits per heavy atom. The number of carboxylic acid groups (broad SMARTS) is 3. The zero-order valence-electron chi connectivity index (χ0n) is 31.5. The van der Waals surface area contributed by atoms with E-state index in [9.17, 15) is 14.4 Å². The van der Waals surface area contributed by atoms with E-state index >= 15 is 0 Å². The number of rotatable bonds is 31. The fourth-order valence-electron chi connectivity index (χ4n) is 4.36. The summed E-state index contributed by atoms with van der Waals surface area (Å²) < 4.78 is 0. The number of carboxylic acids is 3. The summed E-state index contributed by atoms with van der Waals surface area (Å²) >= 11 is 0. The first-order valence-corrected chi connectivity index (χ1v) is 19.1. The lowest BCUT2D eigenvalue weighted by atomic mass is 9.94. The van der Waals surface area contributed by atoms with Gasteiger partial charge in [0.25, 0.3) is 0 Å². The Kier molecular flexibility index (Phi) is 42.9. The van der Waals surface area contributed by atoms with Crippen LogP contribution in [0.5, 0.6) is 0 Å². The Hall–Kier alpha value is -2.71. The summed E-state index contributed by atoms with van der Waals surface area (Å²) in [7, 11) is 0. The van der Waals surface area contributed by atoms with Crippen molar-refractivity contribution < 1.29 is 39.9 Å².